The third-order valence-corrected chi connectivity index (χ3v) is 3.12. The van der Waals surface area contributed by atoms with Gasteiger partial charge in [-0.2, -0.15) is 0 Å². The van der Waals surface area contributed by atoms with E-state index < -0.39 is 0 Å². The molecule has 2 aromatic carbocycles. The number of rotatable bonds is 1. The van der Waals surface area contributed by atoms with Gasteiger partial charge in [0, 0.05) is 10.9 Å². The van der Waals surface area contributed by atoms with Gasteiger partial charge in [0.05, 0.1) is 11.2 Å². The van der Waals surface area contributed by atoms with E-state index in [2.05, 4.69) is 60.2 Å². The molecule has 0 atom stereocenters. The van der Waals surface area contributed by atoms with Crippen molar-refractivity contribution >= 4 is 10.9 Å². The van der Waals surface area contributed by atoms with E-state index in [0.29, 0.717) is 0 Å². The fourth-order valence-electron chi connectivity index (χ4n) is 2.11. The molecule has 0 aliphatic heterocycles. The van der Waals surface area contributed by atoms with Crippen LogP contribution in [-0.2, 0) is 0 Å². The quantitative estimate of drug-likeness (QED) is 0.638. The molecule has 0 fully saturated rings. The van der Waals surface area contributed by atoms with Gasteiger partial charge in [0.1, 0.15) is 6.33 Å². The van der Waals surface area contributed by atoms with Crippen LogP contribution in [0.4, 0.5) is 0 Å². The van der Waals surface area contributed by atoms with Crippen molar-refractivity contribution in [1.82, 2.24) is 9.97 Å². The average molecular weight is 234 g/mol. The minimum absolute atomic E-state index is 0.992. The largest absolute Gasteiger partial charge is 0.236 e. The Morgan fingerprint density at radius 3 is 2.28 bits per heavy atom. The molecule has 3 rings (SSSR count). The third-order valence-electron chi connectivity index (χ3n) is 3.12. The lowest BCUT2D eigenvalue weighted by Crippen LogP contribution is -1.89. The molecule has 1 aromatic heterocycles. The van der Waals surface area contributed by atoms with E-state index in [4.69, 9.17) is 0 Å². The molecule has 3 aromatic rings. The van der Waals surface area contributed by atoms with Crippen molar-refractivity contribution in [3.05, 3.63) is 59.9 Å². The average Bonchev–Trinajstić information content (AvgIpc) is 2.39. The molecule has 0 saturated heterocycles. The van der Waals surface area contributed by atoms with Gasteiger partial charge in [-0.25, -0.2) is 9.97 Å². The number of hydrogen-bond acceptors (Lipinski definition) is 2. The van der Waals surface area contributed by atoms with E-state index >= 15 is 0 Å². The number of nitrogens with zero attached hydrogens (tertiary/aromatic N) is 2. The van der Waals surface area contributed by atoms with Gasteiger partial charge in [0.15, 0.2) is 0 Å². The highest BCUT2D eigenvalue weighted by atomic mass is 14.8. The summed E-state index contributed by atoms with van der Waals surface area (Å²) in [5.74, 6) is 0. The fourth-order valence-corrected chi connectivity index (χ4v) is 2.11. The minimum atomic E-state index is 0.992. The Bertz CT molecular complexity index is 700. The fraction of sp³-hybridized carbons (Fsp3) is 0.125. The smallest absolute Gasteiger partial charge is 0.116 e. The van der Waals surface area contributed by atoms with E-state index in [1.165, 1.54) is 11.1 Å². The zero-order valence-corrected chi connectivity index (χ0v) is 10.5. The van der Waals surface area contributed by atoms with E-state index in [9.17, 15) is 0 Å². The van der Waals surface area contributed by atoms with Crippen LogP contribution in [0.15, 0.2) is 48.8 Å². The maximum atomic E-state index is 4.44. The first kappa shape index (κ1) is 10.9. The monoisotopic (exact) mass is 234 g/mol. The van der Waals surface area contributed by atoms with Gasteiger partial charge in [-0.3, -0.25) is 0 Å². The predicted molar refractivity (Wildman–Crippen MR) is 74.4 cm³/mol. The lowest BCUT2D eigenvalue weighted by Gasteiger charge is -2.06. The molecule has 0 aliphatic rings. The maximum absolute atomic E-state index is 4.44. The van der Waals surface area contributed by atoms with Crippen molar-refractivity contribution in [3.63, 3.8) is 0 Å². The van der Waals surface area contributed by atoms with Crippen molar-refractivity contribution in [2.45, 2.75) is 13.8 Å². The number of aromatic nitrogens is 2. The van der Waals surface area contributed by atoms with Crippen molar-refractivity contribution in [3.8, 4) is 11.3 Å². The summed E-state index contributed by atoms with van der Waals surface area (Å²) < 4.78 is 0. The highest BCUT2D eigenvalue weighted by Crippen LogP contribution is 2.26. The minimum Gasteiger partial charge on any atom is -0.236 e. The van der Waals surface area contributed by atoms with Crippen molar-refractivity contribution in [2.24, 2.45) is 0 Å². The normalized spacial score (nSPS) is 10.8. The molecule has 0 N–H and O–H groups in total. The first-order valence-electron chi connectivity index (χ1n) is 6.02. The zero-order valence-electron chi connectivity index (χ0n) is 10.5. The van der Waals surface area contributed by atoms with Gasteiger partial charge in [0.2, 0.25) is 0 Å². The third kappa shape index (κ3) is 1.86. The van der Waals surface area contributed by atoms with Crippen LogP contribution in [0.5, 0.6) is 0 Å². The van der Waals surface area contributed by atoms with Gasteiger partial charge < -0.3 is 0 Å². The molecular formula is C16H14N2. The van der Waals surface area contributed by atoms with Gasteiger partial charge in [0.25, 0.3) is 0 Å². The van der Waals surface area contributed by atoms with Crippen LogP contribution in [-0.4, -0.2) is 9.97 Å². The zero-order chi connectivity index (χ0) is 12.5. The molecule has 1 heterocycles. The Morgan fingerprint density at radius 1 is 0.778 bits per heavy atom. The van der Waals surface area contributed by atoms with Crippen LogP contribution in [0.1, 0.15) is 11.1 Å². The molecule has 0 unspecified atom stereocenters. The lowest BCUT2D eigenvalue weighted by atomic mass is 10.0. The summed E-state index contributed by atoms with van der Waals surface area (Å²) in [6.07, 6.45) is 1.63. The second-order valence-electron chi connectivity index (χ2n) is 4.61. The Kier molecular flexibility index (Phi) is 2.56. The van der Waals surface area contributed by atoms with E-state index in [-0.39, 0.29) is 0 Å². The second kappa shape index (κ2) is 4.22. The van der Waals surface area contributed by atoms with Gasteiger partial charge >= 0.3 is 0 Å². The summed E-state index contributed by atoms with van der Waals surface area (Å²) >= 11 is 0. The maximum Gasteiger partial charge on any atom is 0.116 e. The summed E-state index contributed by atoms with van der Waals surface area (Å²) in [5.41, 5.74) is 5.62. The Balaban J connectivity index is 2.28. The Morgan fingerprint density at radius 2 is 1.50 bits per heavy atom. The van der Waals surface area contributed by atoms with Crippen LogP contribution in [0.25, 0.3) is 22.2 Å². The van der Waals surface area contributed by atoms with Crippen LogP contribution in [0, 0.1) is 13.8 Å². The highest BCUT2D eigenvalue weighted by Gasteiger charge is 2.06. The van der Waals surface area contributed by atoms with Crippen molar-refractivity contribution < 1.29 is 0 Å². The van der Waals surface area contributed by atoms with E-state index in [1.807, 2.05) is 6.07 Å². The van der Waals surface area contributed by atoms with Crippen molar-refractivity contribution in [1.29, 1.82) is 0 Å². The van der Waals surface area contributed by atoms with Crippen molar-refractivity contribution in [2.75, 3.05) is 0 Å². The standard InChI is InChI=1S/C16H14N2/c1-11-3-6-13(7-4-11)16-14-9-12(2)5-8-15(14)17-10-18-16/h3-10H,1-2H3. The summed E-state index contributed by atoms with van der Waals surface area (Å²) in [6.45, 7) is 4.18. The summed E-state index contributed by atoms with van der Waals surface area (Å²) in [7, 11) is 0. The molecule has 0 aliphatic carbocycles. The van der Waals surface area contributed by atoms with Gasteiger partial charge in [-0.15, -0.1) is 0 Å². The summed E-state index contributed by atoms with van der Waals surface area (Å²) in [5, 5.41) is 1.11. The Labute approximate surface area is 106 Å². The molecule has 88 valence electrons. The SMILES string of the molecule is Cc1ccc(-c2ncnc3ccc(C)cc23)cc1. The highest BCUT2D eigenvalue weighted by molar-refractivity contribution is 5.92. The molecule has 0 spiro atoms. The van der Waals surface area contributed by atoms with Crippen LogP contribution < -0.4 is 0 Å². The van der Waals surface area contributed by atoms with Gasteiger partial charge in [-0.1, -0.05) is 41.5 Å². The first-order chi connectivity index (χ1) is 8.74. The molecule has 0 saturated carbocycles. The molecule has 0 bridgehead atoms. The molecule has 0 amide bonds. The molecule has 2 nitrogen and oxygen atoms in total. The number of aryl methyl sites for hydroxylation is 2. The van der Waals surface area contributed by atoms with E-state index in [1.54, 1.807) is 6.33 Å². The second-order valence-corrected chi connectivity index (χ2v) is 4.61. The number of fused-ring (bicyclic) bond motifs is 1. The molecular weight excluding hydrogens is 220 g/mol. The van der Waals surface area contributed by atoms with Gasteiger partial charge in [-0.05, 0) is 26.0 Å². The molecule has 2 heteroatoms. The number of hydrogen-bond donors (Lipinski definition) is 0. The topological polar surface area (TPSA) is 25.8 Å². The number of benzene rings is 2. The van der Waals surface area contributed by atoms with Crippen LogP contribution in [0.2, 0.25) is 0 Å². The van der Waals surface area contributed by atoms with Crippen LogP contribution >= 0.6 is 0 Å². The first-order valence-corrected chi connectivity index (χ1v) is 6.02. The molecule has 0 radical (unpaired) electrons. The summed E-state index contributed by atoms with van der Waals surface area (Å²) in [4.78, 5) is 8.75. The summed E-state index contributed by atoms with van der Waals surface area (Å²) in [6, 6.07) is 14.7. The Hall–Kier alpha value is -2.22. The predicted octanol–water partition coefficient (Wildman–Crippen LogP) is 3.91. The molecule has 18 heavy (non-hydrogen) atoms. The van der Waals surface area contributed by atoms with Crippen LogP contribution in [0.3, 0.4) is 0 Å². The van der Waals surface area contributed by atoms with E-state index in [0.717, 1.165) is 22.2 Å². The lowest BCUT2D eigenvalue weighted by molar-refractivity contribution is 1.22.